The number of methoxy groups -OCH3 is 1. The lowest BCUT2D eigenvalue weighted by atomic mass is 9.80. The van der Waals surface area contributed by atoms with Gasteiger partial charge >= 0.3 is 0 Å². The Kier molecular flexibility index (Phi) is 4.87. The van der Waals surface area contributed by atoms with E-state index in [0.29, 0.717) is 12.6 Å². The first kappa shape index (κ1) is 14.8. The summed E-state index contributed by atoms with van der Waals surface area (Å²) in [6, 6.07) is 6.36. The normalized spacial score (nSPS) is 27.3. The highest BCUT2D eigenvalue weighted by Gasteiger charge is 2.34. The largest absolute Gasteiger partial charge is 0.381 e. The second-order valence-electron chi connectivity index (χ2n) is 5.53. The Hall–Kier alpha value is -0.580. The van der Waals surface area contributed by atoms with Crippen molar-refractivity contribution in [1.82, 2.24) is 0 Å². The third-order valence-corrected chi connectivity index (χ3v) is 4.83. The molecular weight excluding hydrogens is 304 g/mol. The average molecular weight is 327 g/mol. The lowest BCUT2D eigenvalue weighted by Crippen LogP contribution is -2.49. The van der Waals surface area contributed by atoms with Gasteiger partial charge in [-0.15, -0.1) is 0 Å². The SMILES string of the molecule is COC1CCC(CN)(Nc2cc(C)ccc2Br)CC1. The standard InChI is InChI=1S/C15H23BrN2O/c1-11-3-4-13(16)14(9-11)18-15(10-17)7-5-12(19-2)6-8-15/h3-4,9,12,18H,5-8,10,17H2,1-2H3. The molecule has 1 aromatic rings. The van der Waals surface area contributed by atoms with Gasteiger partial charge in [-0.3, -0.25) is 0 Å². The molecule has 0 atom stereocenters. The molecule has 0 aliphatic heterocycles. The second kappa shape index (κ2) is 6.25. The third-order valence-electron chi connectivity index (χ3n) is 4.14. The number of hydrogen-bond acceptors (Lipinski definition) is 3. The zero-order valence-electron chi connectivity index (χ0n) is 11.7. The van der Waals surface area contributed by atoms with Gasteiger partial charge in [-0.05, 0) is 66.2 Å². The Bertz CT molecular complexity index is 428. The molecule has 1 aliphatic carbocycles. The molecule has 0 saturated heterocycles. The van der Waals surface area contributed by atoms with Gasteiger partial charge in [-0.25, -0.2) is 0 Å². The third kappa shape index (κ3) is 3.50. The van der Waals surface area contributed by atoms with Crippen molar-refractivity contribution in [2.45, 2.75) is 44.2 Å². The van der Waals surface area contributed by atoms with E-state index >= 15 is 0 Å². The highest BCUT2D eigenvalue weighted by Crippen LogP contribution is 2.34. The molecule has 1 fully saturated rings. The van der Waals surface area contributed by atoms with Crippen molar-refractivity contribution < 1.29 is 4.74 Å². The number of aryl methyl sites for hydroxylation is 1. The van der Waals surface area contributed by atoms with E-state index in [1.807, 2.05) is 0 Å². The van der Waals surface area contributed by atoms with E-state index in [2.05, 4.69) is 46.4 Å². The lowest BCUT2D eigenvalue weighted by Gasteiger charge is -2.40. The van der Waals surface area contributed by atoms with Gasteiger partial charge < -0.3 is 15.8 Å². The molecule has 0 radical (unpaired) electrons. The molecular formula is C15H23BrN2O. The highest BCUT2D eigenvalue weighted by molar-refractivity contribution is 9.10. The Morgan fingerprint density at radius 2 is 2.11 bits per heavy atom. The van der Waals surface area contributed by atoms with Crippen molar-refractivity contribution in [3.8, 4) is 0 Å². The van der Waals surface area contributed by atoms with Crippen molar-refractivity contribution in [1.29, 1.82) is 0 Å². The number of nitrogens with one attached hydrogen (secondary N) is 1. The average Bonchev–Trinajstić information content (AvgIpc) is 2.44. The molecule has 0 aromatic heterocycles. The van der Waals surface area contributed by atoms with Crippen LogP contribution >= 0.6 is 15.9 Å². The Balaban J connectivity index is 2.13. The zero-order valence-corrected chi connectivity index (χ0v) is 13.3. The van der Waals surface area contributed by atoms with Crippen molar-refractivity contribution in [3.05, 3.63) is 28.2 Å². The van der Waals surface area contributed by atoms with E-state index in [-0.39, 0.29) is 5.54 Å². The summed E-state index contributed by atoms with van der Waals surface area (Å²) in [5, 5.41) is 3.67. The zero-order chi connectivity index (χ0) is 13.9. The van der Waals surface area contributed by atoms with Crippen molar-refractivity contribution in [2.75, 3.05) is 19.0 Å². The fraction of sp³-hybridized carbons (Fsp3) is 0.600. The van der Waals surface area contributed by atoms with Crippen LogP contribution in [-0.4, -0.2) is 25.3 Å². The smallest absolute Gasteiger partial charge is 0.0573 e. The van der Waals surface area contributed by atoms with Gasteiger partial charge in [0.25, 0.3) is 0 Å². The highest BCUT2D eigenvalue weighted by atomic mass is 79.9. The molecule has 106 valence electrons. The molecule has 0 unspecified atom stereocenters. The Morgan fingerprint density at radius 3 is 2.68 bits per heavy atom. The van der Waals surface area contributed by atoms with E-state index in [9.17, 15) is 0 Å². The fourth-order valence-corrected chi connectivity index (χ4v) is 3.13. The van der Waals surface area contributed by atoms with Crippen molar-refractivity contribution >= 4 is 21.6 Å². The summed E-state index contributed by atoms with van der Waals surface area (Å²) < 4.78 is 6.54. The van der Waals surface area contributed by atoms with Gasteiger partial charge in [0, 0.05) is 29.4 Å². The van der Waals surface area contributed by atoms with Crippen LogP contribution in [0.3, 0.4) is 0 Å². The molecule has 0 amide bonds. The Labute approximate surface area is 124 Å². The van der Waals surface area contributed by atoms with E-state index in [1.165, 1.54) is 5.56 Å². The maximum Gasteiger partial charge on any atom is 0.0573 e. The van der Waals surface area contributed by atoms with E-state index in [1.54, 1.807) is 7.11 Å². The minimum Gasteiger partial charge on any atom is -0.381 e. The van der Waals surface area contributed by atoms with Crippen molar-refractivity contribution in [3.63, 3.8) is 0 Å². The Morgan fingerprint density at radius 1 is 1.42 bits per heavy atom. The van der Waals surface area contributed by atoms with Crippen LogP contribution < -0.4 is 11.1 Å². The summed E-state index contributed by atoms with van der Waals surface area (Å²) >= 11 is 3.61. The molecule has 1 aromatic carbocycles. The molecule has 1 aliphatic rings. The number of anilines is 1. The maximum atomic E-state index is 6.04. The van der Waals surface area contributed by atoms with Crippen LogP contribution in [0.5, 0.6) is 0 Å². The molecule has 0 spiro atoms. The van der Waals surface area contributed by atoms with Gasteiger partial charge in [0.1, 0.15) is 0 Å². The predicted octanol–water partition coefficient (Wildman–Crippen LogP) is 3.46. The van der Waals surface area contributed by atoms with Gasteiger partial charge in [-0.2, -0.15) is 0 Å². The molecule has 1 saturated carbocycles. The molecule has 3 nitrogen and oxygen atoms in total. The van der Waals surface area contributed by atoms with E-state index in [0.717, 1.165) is 35.8 Å². The number of benzene rings is 1. The lowest BCUT2D eigenvalue weighted by molar-refractivity contribution is 0.0549. The molecule has 19 heavy (non-hydrogen) atoms. The molecule has 4 heteroatoms. The van der Waals surface area contributed by atoms with Gasteiger partial charge in [0.15, 0.2) is 0 Å². The van der Waals surface area contributed by atoms with Crippen LogP contribution in [-0.2, 0) is 4.74 Å². The van der Waals surface area contributed by atoms with Crippen LogP contribution in [0.1, 0.15) is 31.2 Å². The summed E-state index contributed by atoms with van der Waals surface area (Å²) in [6.07, 6.45) is 4.65. The molecule has 2 rings (SSSR count). The summed E-state index contributed by atoms with van der Waals surface area (Å²) in [5.74, 6) is 0. The van der Waals surface area contributed by atoms with Crippen LogP contribution in [0.25, 0.3) is 0 Å². The first-order chi connectivity index (χ1) is 9.08. The molecule has 0 heterocycles. The van der Waals surface area contributed by atoms with Crippen LogP contribution in [0, 0.1) is 6.92 Å². The van der Waals surface area contributed by atoms with Crippen molar-refractivity contribution in [2.24, 2.45) is 5.73 Å². The summed E-state index contributed by atoms with van der Waals surface area (Å²) in [6.45, 7) is 2.76. The minimum atomic E-state index is 0.00530. The predicted molar refractivity (Wildman–Crippen MR) is 83.6 cm³/mol. The second-order valence-corrected chi connectivity index (χ2v) is 6.38. The number of nitrogens with two attached hydrogens (primary N) is 1. The minimum absolute atomic E-state index is 0.00530. The first-order valence-electron chi connectivity index (χ1n) is 6.86. The van der Waals surface area contributed by atoms with Gasteiger partial charge in [0.2, 0.25) is 0 Å². The first-order valence-corrected chi connectivity index (χ1v) is 7.65. The number of hydrogen-bond donors (Lipinski definition) is 2. The summed E-state index contributed by atoms with van der Waals surface area (Å²) in [7, 11) is 1.80. The number of ether oxygens (including phenoxy) is 1. The number of halogens is 1. The fourth-order valence-electron chi connectivity index (χ4n) is 2.78. The van der Waals surface area contributed by atoms with Gasteiger partial charge in [-0.1, -0.05) is 6.07 Å². The maximum absolute atomic E-state index is 6.04. The number of rotatable bonds is 4. The van der Waals surface area contributed by atoms with E-state index in [4.69, 9.17) is 10.5 Å². The molecule has 0 bridgehead atoms. The summed E-state index contributed by atoms with van der Waals surface area (Å²) in [5.41, 5.74) is 8.44. The van der Waals surface area contributed by atoms with Crippen LogP contribution in [0.4, 0.5) is 5.69 Å². The topological polar surface area (TPSA) is 47.3 Å². The van der Waals surface area contributed by atoms with Crippen LogP contribution in [0.2, 0.25) is 0 Å². The monoisotopic (exact) mass is 326 g/mol. The van der Waals surface area contributed by atoms with E-state index < -0.39 is 0 Å². The quantitative estimate of drug-likeness (QED) is 0.890. The van der Waals surface area contributed by atoms with Crippen LogP contribution in [0.15, 0.2) is 22.7 Å². The summed E-state index contributed by atoms with van der Waals surface area (Å²) in [4.78, 5) is 0. The molecule has 3 N–H and O–H groups in total. The van der Waals surface area contributed by atoms with Gasteiger partial charge in [0.05, 0.1) is 6.10 Å².